The number of nitrogens with zero attached hydrogens (tertiary/aromatic N) is 1. The topological polar surface area (TPSA) is 68.0 Å². The van der Waals surface area contributed by atoms with Gasteiger partial charge < -0.3 is 11.1 Å². The molecule has 0 saturated heterocycles. The van der Waals surface area contributed by atoms with E-state index >= 15 is 0 Å². The zero-order valence-corrected chi connectivity index (χ0v) is 12.0. The molecule has 0 aromatic carbocycles. The molecule has 0 aliphatic heterocycles. The van der Waals surface area contributed by atoms with Crippen LogP contribution >= 0.6 is 36.4 Å². The zero-order chi connectivity index (χ0) is 11.5. The lowest BCUT2D eigenvalue weighted by atomic mass is 10.2. The summed E-state index contributed by atoms with van der Waals surface area (Å²) in [4.78, 5) is 15.6. The Balaban J connectivity index is 0.00000144. The number of nitrogens with two attached hydrogens (primary N) is 1. The summed E-state index contributed by atoms with van der Waals surface area (Å²) >= 11 is 5.68. The Bertz CT molecular complexity index is 382. The number of carbonyl (C=O) groups excluding carboxylic acids is 1. The second-order valence-electron chi connectivity index (χ2n) is 4.07. The van der Waals surface area contributed by atoms with Gasteiger partial charge in [0.1, 0.15) is 5.69 Å². The fourth-order valence-electron chi connectivity index (χ4n) is 1.50. The minimum absolute atomic E-state index is 0. The molecule has 1 aromatic heterocycles. The maximum Gasteiger partial charge on any atom is 0.269 e. The third kappa shape index (κ3) is 4.98. The summed E-state index contributed by atoms with van der Waals surface area (Å²) in [5, 5.41) is 3.29. The van der Waals surface area contributed by atoms with Crippen molar-refractivity contribution in [2.75, 3.05) is 6.54 Å². The number of hydrogen-bond donors (Lipinski definition) is 2. The van der Waals surface area contributed by atoms with Gasteiger partial charge in [0.05, 0.1) is 5.02 Å². The van der Waals surface area contributed by atoms with Crippen LogP contribution in [0.3, 0.4) is 0 Å². The fraction of sp³-hybridized carbons (Fsp3) is 0.455. The molecule has 1 aliphatic rings. The van der Waals surface area contributed by atoms with Crippen molar-refractivity contribution in [2.45, 2.75) is 18.9 Å². The molecule has 4 nitrogen and oxygen atoms in total. The van der Waals surface area contributed by atoms with E-state index in [9.17, 15) is 4.79 Å². The number of amides is 1. The predicted octanol–water partition coefficient (Wildman–Crippen LogP) is 2.05. The molecule has 1 heterocycles. The van der Waals surface area contributed by atoms with E-state index in [2.05, 4.69) is 10.3 Å². The highest BCUT2D eigenvalue weighted by atomic mass is 35.5. The summed E-state index contributed by atoms with van der Waals surface area (Å²) in [6.07, 6.45) is 3.81. The molecule has 0 spiro atoms. The summed E-state index contributed by atoms with van der Waals surface area (Å²) in [5.74, 6) is 0.381. The van der Waals surface area contributed by atoms with Crippen LogP contribution in [0.15, 0.2) is 18.3 Å². The monoisotopic (exact) mass is 311 g/mol. The largest absolute Gasteiger partial charge is 0.349 e. The van der Waals surface area contributed by atoms with Crippen molar-refractivity contribution in [3.63, 3.8) is 0 Å². The molecule has 1 atom stereocenters. The van der Waals surface area contributed by atoms with Crippen molar-refractivity contribution >= 4 is 42.3 Å². The third-order valence-electron chi connectivity index (χ3n) is 2.69. The van der Waals surface area contributed by atoms with Gasteiger partial charge in [-0.05, 0) is 30.9 Å². The summed E-state index contributed by atoms with van der Waals surface area (Å²) in [6, 6.07) is 3.31. The SMILES string of the molecule is Cl.Cl.NC(CNC(=O)c1ccc(Cl)cn1)C1CC1. The number of aromatic nitrogens is 1. The molecule has 18 heavy (non-hydrogen) atoms. The first kappa shape index (κ1) is 17.4. The van der Waals surface area contributed by atoms with Crippen LogP contribution in [0.2, 0.25) is 5.02 Å². The minimum Gasteiger partial charge on any atom is -0.349 e. The fourth-order valence-corrected chi connectivity index (χ4v) is 1.61. The molecule has 1 unspecified atom stereocenters. The molecule has 0 radical (unpaired) electrons. The number of nitrogens with one attached hydrogen (secondary N) is 1. The van der Waals surface area contributed by atoms with Gasteiger partial charge in [0.15, 0.2) is 0 Å². The second kappa shape index (κ2) is 7.79. The van der Waals surface area contributed by atoms with E-state index in [0.29, 0.717) is 23.2 Å². The average Bonchev–Trinajstić information content (AvgIpc) is 3.10. The number of pyridine rings is 1. The third-order valence-corrected chi connectivity index (χ3v) is 2.91. The first-order valence-corrected chi connectivity index (χ1v) is 5.70. The molecule has 7 heteroatoms. The van der Waals surface area contributed by atoms with Gasteiger partial charge in [-0.2, -0.15) is 0 Å². The summed E-state index contributed by atoms with van der Waals surface area (Å²) in [5.41, 5.74) is 6.24. The van der Waals surface area contributed by atoms with E-state index in [-0.39, 0.29) is 36.8 Å². The highest BCUT2D eigenvalue weighted by Gasteiger charge is 2.28. The van der Waals surface area contributed by atoms with Crippen molar-refractivity contribution < 1.29 is 4.79 Å². The van der Waals surface area contributed by atoms with Gasteiger partial charge in [-0.15, -0.1) is 24.8 Å². The first-order valence-electron chi connectivity index (χ1n) is 5.32. The number of rotatable bonds is 4. The van der Waals surface area contributed by atoms with Crippen LogP contribution in [0.4, 0.5) is 0 Å². The van der Waals surface area contributed by atoms with E-state index in [4.69, 9.17) is 17.3 Å². The highest BCUT2D eigenvalue weighted by molar-refractivity contribution is 6.30. The molecule has 1 fully saturated rings. The number of halogens is 3. The van der Waals surface area contributed by atoms with E-state index in [1.807, 2.05) is 0 Å². The van der Waals surface area contributed by atoms with Gasteiger partial charge in [0, 0.05) is 18.8 Å². The molecule has 102 valence electrons. The number of carbonyl (C=O) groups is 1. The molecular formula is C11H16Cl3N3O. The number of hydrogen-bond acceptors (Lipinski definition) is 3. The van der Waals surface area contributed by atoms with Gasteiger partial charge >= 0.3 is 0 Å². The highest BCUT2D eigenvalue weighted by Crippen LogP contribution is 2.31. The van der Waals surface area contributed by atoms with Crippen LogP contribution in [-0.2, 0) is 0 Å². The maximum absolute atomic E-state index is 11.6. The first-order chi connectivity index (χ1) is 7.66. The molecule has 3 N–H and O–H groups in total. The summed E-state index contributed by atoms with van der Waals surface area (Å²) in [6.45, 7) is 0.508. The van der Waals surface area contributed by atoms with Gasteiger partial charge in [-0.3, -0.25) is 4.79 Å². The van der Waals surface area contributed by atoms with Crippen LogP contribution in [0.5, 0.6) is 0 Å². The average molecular weight is 313 g/mol. The van der Waals surface area contributed by atoms with Gasteiger partial charge in [-0.25, -0.2) is 4.98 Å². The standard InChI is InChI=1S/C11H14ClN3O.2ClH/c12-8-3-4-10(14-5-8)11(16)15-6-9(13)7-1-2-7;;/h3-5,7,9H,1-2,6,13H2,(H,15,16);2*1H. The molecule has 1 aromatic rings. The summed E-state index contributed by atoms with van der Waals surface area (Å²) < 4.78 is 0. The van der Waals surface area contributed by atoms with E-state index in [1.165, 1.54) is 19.0 Å². The Morgan fingerprint density at radius 3 is 2.67 bits per heavy atom. The lowest BCUT2D eigenvalue weighted by Gasteiger charge is -2.10. The second-order valence-corrected chi connectivity index (χ2v) is 4.51. The quantitative estimate of drug-likeness (QED) is 0.894. The van der Waals surface area contributed by atoms with E-state index in [1.54, 1.807) is 12.1 Å². The van der Waals surface area contributed by atoms with Crippen LogP contribution in [-0.4, -0.2) is 23.5 Å². The molecule has 1 amide bonds. The van der Waals surface area contributed by atoms with Crippen LogP contribution < -0.4 is 11.1 Å². The van der Waals surface area contributed by atoms with Crippen molar-refractivity contribution in [1.82, 2.24) is 10.3 Å². The Kier molecular flexibility index (Phi) is 7.55. The van der Waals surface area contributed by atoms with Crippen LogP contribution in [0.25, 0.3) is 0 Å². The van der Waals surface area contributed by atoms with Gasteiger partial charge in [0.2, 0.25) is 0 Å². The van der Waals surface area contributed by atoms with Crippen molar-refractivity contribution in [1.29, 1.82) is 0 Å². The maximum atomic E-state index is 11.6. The summed E-state index contributed by atoms with van der Waals surface area (Å²) in [7, 11) is 0. The lowest BCUT2D eigenvalue weighted by molar-refractivity contribution is 0.0945. The molecule has 2 rings (SSSR count). The minimum atomic E-state index is -0.201. The van der Waals surface area contributed by atoms with Crippen LogP contribution in [0.1, 0.15) is 23.3 Å². The van der Waals surface area contributed by atoms with Crippen molar-refractivity contribution in [2.24, 2.45) is 11.7 Å². The molecule has 0 bridgehead atoms. The van der Waals surface area contributed by atoms with Gasteiger partial charge in [0.25, 0.3) is 5.91 Å². The van der Waals surface area contributed by atoms with Gasteiger partial charge in [-0.1, -0.05) is 11.6 Å². The van der Waals surface area contributed by atoms with E-state index < -0.39 is 0 Å². The van der Waals surface area contributed by atoms with Crippen molar-refractivity contribution in [3.8, 4) is 0 Å². The smallest absolute Gasteiger partial charge is 0.269 e. The molecule has 1 saturated carbocycles. The molecular weight excluding hydrogens is 297 g/mol. The van der Waals surface area contributed by atoms with Crippen molar-refractivity contribution in [3.05, 3.63) is 29.0 Å². The molecule has 1 aliphatic carbocycles. The zero-order valence-electron chi connectivity index (χ0n) is 9.64. The predicted molar refractivity (Wildman–Crippen MR) is 76.8 cm³/mol. The normalized spacial score (nSPS) is 15.0. The lowest BCUT2D eigenvalue weighted by Crippen LogP contribution is -2.38. The Hall–Kier alpha value is -0.550. The van der Waals surface area contributed by atoms with Crippen LogP contribution in [0, 0.1) is 5.92 Å². The van der Waals surface area contributed by atoms with E-state index in [0.717, 1.165) is 0 Å². The Morgan fingerprint density at radius 2 is 2.17 bits per heavy atom. The Morgan fingerprint density at radius 1 is 1.50 bits per heavy atom. The Labute approximate surface area is 123 Å².